The molecule has 16 heavy (non-hydrogen) atoms. The molecule has 2 atom stereocenters. The topological polar surface area (TPSA) is 33.0 Å². The summed E-state index contributed by atoms with van der Waals surface area (Å²) in [5.74, 6) is 0.966. The third-order valence-corrected chi connectivity index (χ3v) is 4.37. The Morgan fingerprint density at radius 2 is 2.44 bits per heavy atom. The lowest BCUT2D eigenvalue weighted by atomic mass is 10.2. The number of hydrogen-bond acceptors (Lipinski definition) is 3. The third kappa shape index (κ3) is 2.78. The van der Waals surface area contributed by atoms with Crippen LogP contribution in [0.1, 0.15) is 24.5 Å². The van der Waals surface area contributed by atoms with Gasteiger partial charge in [-0.1, -0.05) is 12.1 Å². The molecular weight excluding hydrogens is 218 g/mol. The van der Waals surface area contributed by atoms with E-state index in [0.29, 0.717) is 11.4 Å². The van der Waals surface area contributed by atoms with Crippen molar-refractivity contribution >= 4 is 11.8 Å². The van der Waals surface area contributed by atoms with Crippen LogP contribution in [0.3, 0.4) is 0 Å². The fraction of sp³-hybridized carbons (Fsp3) is 0.462. The van der Waals surface area contributed by atoms with Crippen LogP contribution in [0.4, 0.5) is 0 Å². The zero-order valence-electron chi connectivity index (χ0n) is 9.35. The summed E-state index contributed by atoms with van der Waals surface area (Å²) in [4.78, 5) is 0. The van der Waals surface area contributed by atoms with Crippen molar-refractivity contribution in [1.29, 1.82) is 5.26 Å². The Balaban J connectivity index is 1.92. The van der Waals surface area contributed by atoms with Crippen LogP contribution in [0, 0.1) is 11.3 Å². The highest BCUT2D eigenvalue weighted by atomic mass is 32.2. The molecule has 0 aromatic heterocycles. The quantitative estimate of drug-likeness (QED) is 0.804. The van der Waals surface area contributed by atoms with Crippen LogP contribution >= 0.6 is 11.8 Å². The molecule has 1 aliphatic rings. The number of ether oxygens (including phenoxy) is 1. The largest absolute Gasteiger partial charge is 0.377 e. The Bertz CT molecular complexity index is 399. The fourth-order valence-electron chi connectivity index (χ4n) is 1.86. The van der Waals surface area contributed by atoms with Crippen LogP contribution in [0.25, 0.3) is 0 Å². The smallest absolute Gasteiger partial charge is 0.0991 e. The summed E-state index contributed by atoms with van der Waals surface area (Å²) in [6.07, 6.45) is 1.51. The van der Waals surface area contributed by atoms with E-state index in [0.717, 1.165) is 24.3 Å². The molecule has 1 aliphatic heterocycles. The van der Waals surface area contributed by atoms with Crippen LogP contribution in [0.15, 0.2) is 24.3 Å². The van der Waals surface area contributed by atoms with Gasteiger partial charge >= 0.3 is 0 Å². The van der Waals surface area contributed by atoms with Gasteiger partial charge in [0.2, 0.25) is 0 Å². The first kappa shape index (κ1) is 11.5. The molecule has 84 valence electrons. The van der Waals surface area contributed by atoms with Gasteiger partial charge in [-0.2, -0.15) is 17.0 Å². The second-order valence-corrected chi connectivity index (χ2v) is 5.25. The molecule has 0 bridgehead atoms. The van der Waals surface area contributed by atoms with Gasteiger partial charge < -0.3 is 4.74 Å². The van der Waals surface area contributed by atoms with Gasteiger partial charge in [-0.3, -0.25) is 0 Å². The van der Waals surface area contributed by atoms with Crippen molar-refractivity contribution < 1.29 is 4.74 Å². The molecule has 3 heteroatoms. The predicted octanol–water partition coefficient (Wildman–Crippen LogP) is 2.97. The molecule has 0 saturated carbocycles. The number of rotatable bonds is 3. The Labute approximate surface area is 101 Å². The first-order valence-corrected chi connectivity index (χ1v) is 6.56. The standard InChI is InChI=1S/C13H15NOS/c1-10-13(5-6-15-10)16-9-12-4-2-3-11(7-12)8-14/h2-4,7,10,13H,5-6,9H2,1H3. The third-order valence-electron chi connectivity index (χ3n) is 2.83. The molecule has 1 aromatic rings. The van der Waals surface area contributed by atoms with Gasteiger partial charge in [-0.05, 0) is 31.0 Å². The van der Waals surface area contributed by atoms with E-state index < -0.39 is 0 Å². The van der Waals surface area contributed by atoms with E-state index in [1.807, 2.05) is 30.0 Å². The van der Waals surface area contributed by atoms with Crippen molar-refractivity contribution in [2.24, 2.45) is 0 Å². The summed E-state index contributed by atoms with van der Waals surface area (Å²) in [7, 11) is 0. The minimum Gasteiger partial charge on any atom is -0.377 e. The van der Waals surface area contributed by atoms with Crippen molar-refractivity contribution in [3.05, 3.63) is 35.4 Å². The molecule has 2 nitrogen and oxygen atoms in total. The number of nitrogens with zero attached hydrogens (tertiary/aromatic N) is 1. The normalized spacial score (nSPS) is 24.2. The Morgan fingerprint density at radius 3 is 3.12 bits per heavy atom. The van der Waals surface area contributed by atoms with E-state index in [1.54, 1.807) is 0 Å². The molecule has 1 fully saturated rings. The van der Waals surface area contributed by atoms with E-state index in [4.69, 9.17) is 10.00 Å². The van der Waals surface area contributed by atoms with E-state index in [-0.39, 0.29) is 0 Å². The maximum atomic E-state index is 8.81. The van der Waals surface area contributed by atoms with Gasteiger partial charge in [0.05, 0.1) is 17.7 Å². The number of nitriles is 1. The van der Waals surface area contributed by atoms with Crippen LogP contribution in [0.5, 0.6) is 0 Å². The Kier molecular flexibility index (Phi) is 3.87. The highest BCUT2D eigenvalue weighted by Gasteiger charge is 2.24. The van der Waals surface area contributed by atoms with Gasteiger partial charge in [-0.15, -0.1) is 0 Å². The van der Waals surface area contributed by atoms with E-state index in [1.165, 1.54) is 5.56 Å². The van der Waals surface area contributed by atoms with Crippen molar-refractivity contribution in [3.63, 3.8) is 0 Å². The molecule has 1 heterocycles. The average Bonchev–Trinajstić information content (AvgIpc) is 2.72. The van der Waals surface area contributed by atoms with E-state index in [2.05, 4.69) is 19.1 Å². The van der Waals surface area contributed by atoms with E-state index >= 15 is 0 Å². The summed E-state index contributed by atoms with van der Waals surface area (Å²) >= 11 is 1.93. The second-order valence-electron chi connectivity index (χ2n) is 4.03. The highest BCUT2D eigenvalue weighted by Crippen LogP contribution is 2.28. The van der Waals surface area contributed by atoms with Gasteiger partial charge in [0.15, 0.2) is 0 Å². The maximum absolute atomic E-state index is 8.81. The lowest BCUT2D eigenvalue weighted by Crippen LogP contribution is -2.13. The van der Waals surface area contributed by atoms with Gasteiger partial charge in [-0.25, -0.2) is 0 Å². The minimum atomic E-state index is 0.365. The molecule has 0 radical (unpaired) electrons. The molecule has 2 unspecified atom stereocenters. The number of benzene rings is 1. The van der Waals surface area contributed by atoms with Crippen molar-refractivity contribution in [1.82, 2.24) is 0 Å². The zero-order chi connectivity index (χ0) is 11.4. The number of thioether (sulfide) groups is 1. The maximum Gasteiger partial charge on any atom is 0.0991 e. The summed E-state index contributed by atoms with van der Waals surface area (Å²) in [6, 6.07) is 10.0. The molecule has 0 N–H and O–H groups in total. The summed E-state index contributed by atoms with van der Waals surface area (Å²) in [6.45, 7) is 3.02. The first-order chi connectivity index (χ1) is 7.79. The molecular formula is C13H15NOS. The van der Waals surface area contributed by atoms with E-state index in [9.17, 15) is 0 Å². The van der Waals surface area contributed by atoms with Crippen LogP contribution < -0.4 is 0 Å². The van der Waals surface area contributed by atoms with Gasteiger partial charge in [0.25, 0.3) is 0 Å². The molecule has 2 rings (SSSR count). The van der Waals surface area contributed by atoms with Crippen LogP contribution in [-0.2, 0) is 10.5 Å². The van der Waals surface area contributed by atoms with Crippen molar-refractivity contribution in [2.75, 3.05) is 6.61 Å². The van der Waals surface area contributed by atoms with Crippen molar-refractivity contribution in [2.45, 2.75) is 30.5 Å². The molecule has 0 spiro atoms. The molecule has 1 saturated heterocycles. The highest BCUT2D eigenvalue weighted by molar-refractivity contribution is 7.99. The zero-order valence-corrected chi connectivity index (χ0v) is 10.2. The second kappa shape index (κ2) is 5.38. The first-order valence-electron chi connectivity index (χ1n) is 5.52. The lowest BCUT2D eigenvalue weighted by molar-refractivity contribution is 0.127. The molecule has 0 aliphatic carbocycles. The Morgan fingerprint density at radius 1 is 1.56 bits per heavy atom. The van der Waals surface area contributed by atoms with Gasteiger partial charge in [0, 0.05) is 17.6 Å². The Hall–Kier alpha value is -0.980. The van der Waals surface area contributed by atoms with Crippen LogP contribution in [-0.4, -0.2) is 18.0 Å². The average molecular weight is 233 g/mol. The molecule has 0 amide bonds. The fourth-order valence-corrected chi connectivity index (χ4v) is 3.06. The summed E-state index contributed by atoms with van der Waals surface area (Å²) in [5.41, 5.74) is 1.97. The molecule has 1 aromatic carbocycles. The number of hydrogen-bond donors (Lipinski definition) is 0. The SMILES string of the molecule is CC1OCCC1SCc1cccc(C#N)c1. The van der Waals surface area contributed by atoms with Crippen molar-refractivity contribution in [3.8, 4) is 6.07 Å². The lowest BCUT2D eigenvalue weighted by Gasteiger charge is -2.13. The van der Waals surface area contributed by atoms with Gasteiger partial charge in [0.1, 0.15) is 0 Å². The summed E-state index contributed by atoms with van der Waals surface area (Å²) in [5, 5.41) is 9.41. The van der Waals surface area contributed by atoms with Crippen LogP contribution in [0.2, 0.25) is 0 Å². The summed E-state index contributed by atoms with van der Waals surface area (Å²) < 4.78 is 5.53. The monoisotopic (exact) mass is 233 g/mol. The minimum absolute atomic E-state index is 0.365. The predicted molar refractivity (Wildman–Crippen MR) is 66.3 cm³/mol.